The van der Waals surface area contributed by atoms with E-state index in [0.29, 0.717) is 23.7 Å². The zero-order chi connectivity index (χ0) is 18.2. The number of hydrogen-bond donors (Lipinski definition) is 0. The molecule has 0 aromatic carbocycles. The van der Waals surface area contributed by atoms with Crippen LogP contribution in [0.25, 0.3) is 0 Å². The predicted molar refractivity (Wildman–Crippen MR) is 102 cm³/mol. The second-order valence-electron chi connectivity index (χ2n) is 8.34. The molecule has 0 atom stereocenters. The SMILES string of the molecule is CO[Si](OC)(N(CC(C)C)CC(C)C)N(CC(C)C)CC(C)C. The highest BCUT2D eigenvalue weighted by molar-refractivity contribution is 6.61. The van der Waals surface area contributed by atoms with Gasteiger partial charge in [0.15, 0.2) is 0 Å². The molecule has 0 amide bonds. The lowest BCUT2D eigenvalue weighted by atomic mass is 10.2. The van der Waals surface area contributed by atoms with Crippen molar-refractivity contribution in [1.29, 1.82) is 0 Å². The monoisotopic (exact) mass is 346 g/mol. The molecule has 5 heteroatoms. The highest BCUT2D eigenvalue weighted by atomic mass is 28.4. The van der Waals surface area contributed by atoms with E-state index in [1.807, 2.05) is 14.2 Å². The van der Waals surface area contributed by atoms with Crippen molar-refractivity contribution >= 4 is 8.88 Å². The normalized spacial score (nSPS) is 13.6. The summed E-state index contributed by atoms with van der Waals surface area (Å²) in [4.78, 5) is 0. The van der Waals surface area contributed by atoms with Crippen LogP contribution in [0.4, 0.5) is 0 Å². The molecule has 0 unspecified atom stereocenters. The molecule has 0 N–H and O–H groups in total. The van der Waals surface area contributed by atoms with Crippen LogP contribution in [0.3, 0.4) is 0 Å². The van der Waals surface area contributed by atoms with Crippen molar-refractivity contribution in [2.24, 2.45) is 23.7 Å². The molecule has 0 aliphatic heterocycles. The van der Waals surface area contributed by atoms with E-state index in [9.17, 15) is 0 Å². The van der Waals surface area contributed by atoms with Crippen molar-refractivity contribution < 1.29 is 8.85 Å². The molecule has 23 heavy (non-hydrogen) atoms. The van der Waals surface area contributed by atoms with E-state index in [4.69, 9.17) is 8.85 Å². The minimum atomic E-state index is -2.59. The van der Waals surface area contributed by atoms with Gasteiger partial charge in [-0.2, -0.15) is 0 Å². The first-order valence-corrected chi connectivity index (χ1v) is 10.9. The van der Waals surface area contributed by atoms with E-state index >= 15 is 0 Å². The quantitative estimate of drug-likeness (QED) is 0.500. The van der Waals surface area contributed by atoms with Gasteiger partial charge in [-0.3, -0.25) is 9.13 Å². The maximum absolute atomic E-state index is 6.18. The van der Waals surface area contributed by atoms with E-state index in [1.165, 1.54) is 0 Å². The zero-order valence-electron chi connectivity index (χ0n) is 17.3. The molecule has 0 aromatic rings. The van der Waals surface area contributed by atoms with Gasteiger partial charge < -0.3 is 8.85 Å². The minimum absolute atomic E-state index is 0.589. The van der Waals surface area contributed by atoms with Crippen LogP contribution in [0, 0.1) is 23.7 Å². The Labute approximate surface area is 146 Å². The maximum Gasteiger partial charge on any atom is 0.522 e. The number of nitrogens with zero attached hydrogens (tertiary/aromatic N) is 2. The second-order valence-corrected chi connectivity index (χ2v) is 11.5. The molecule has 140 valence electrons. The maximum atomic E-state index is 6.18. The molecule has 0 aliphatic rings. The van der Waals surface area contributed by atoms with Crippen molar-refractivity contribution in [2.45, 2.75) is 55.4 Å². The summed E-state index contributed by atoms with van der Waals surface area (Å²) in [5.74, 6) is 2.36. The van der Waals surface area contributed by atoms with E-state index in [-0.39, 0.29) is 0 Å². The highest BCUT2D eigenvalue weighted by Crippen LogP contribution is 2.23. The standard InChI is InChI=1S/C18H42N2O2Si/c1-15(2)11-19(12-16(3)4)23(21-9,22-10)20(13-17(5)6)14-18(7)8/h15-18H,11-14H2,1-10H3. The average Bonchev–Trinajstić information content (AvgIpc) is 2.37. The molecule has 4 nitrogen and oxygen atoms in total. The van der Waals surface area contributed by atoms with Gasteiger partial charge in [0.25, 0.3) is 0 Å². The number of hydrogen-bond acceptors (Lipinski definition) is 4. The zero-order valence-corrected chi connectivity index (χ0v) is 18.3. The Morgan fingerprint density at radius 3 is 0.913 bits per heavy atom. The molecule has 0 fully saturated rings. The topological polar surface area (TPSA) is 24.9 Å². The van der Waals surface area contributed by atoms with Crippen LogP contribution in [0.2, 0.25) is 0 Å². The third-order valence-corrected chi connectivity index (χ3v) is 7.07. The van der Waals surface area contributed by atoms with Crippen molar-refractivity contribution in [1.82, 2.24) is 9.13 Å². The van der Waals surface area contributed by atoms with Crippen molar-refractivity contribution in [2.75, 3.05) is 40.4 Å². The van der Waals surface area contributed by atoms with Gasteiger partial charge in [-0.15, -0.1) is 0 Å². The third kappa shape index (κ3) is 7.65. The van der Waals surface area contributed by atoms with Gasteiger partial charge in [-0.25, -0.2) is 0 Å². The summed E-state index contributed by atoms with van der Waals surface area (Å²) in [7, 11) is 1.07. The summed E-state index contributed by atoms with van der Waals surface area (Å²) in [5, 5.41) is 0. The van der Waals surface area contributed by atoms with Gasteiger partial charge in [-0.05, 0) is 49.9 Å². The molecular weight excluding hydrogens is 304 g/mol. The molecule has 0 saturated carbocycles. The largest absolute Gasteiger partial charge is 0.522 e. The van der Waals surface area contributed by atoms with Crippen molar-refractivity contribution in [3.63, 3.8) is 0 Å². The molecule has 0 spiro atoms. The molecule has 0 rings (SSSR count). The van der Waals surface area contributed by atoms with Gasteiger partial charge in [0.2, 0.25) is 0 Å². The van der Waals surface area contributed by atoms with Gasteiger partial charge in [0.05, 0.1) is 0 Å². The summed E-state index contributed by atoms with van der Waals surface area (Å²) in [6, 6.07) is 0. The van der Waals surface area contributed by atoms with Crippen molar-refractivity contribution in [3.05, 3.63) is 0 Å². The number of rotatable bonds is 12. The Morgan fingerprint density at radius 1 is 0.565 bits per heavy atom. The Kier molecular flexibility index (Phi) is 10.9. The Hall–Kier alpha value is 0.0569. The van der Waals surface area contributed by atoms with Crippen LogP contribution in [0.1, 0.15) is 55.4 Å². The van der Waals surface area contributed by atoms with Gasteiger partial charge in [0, 0.05) is 14.2 Å². The lowest BCUT2D eigenvalue weighted by molar-refractivity contribution is 0.0732. The van der Waals surface area contributed by atoms with Gasteiger partial charge in [-0.1, -0.05) is 55.4 Å². The van der Waals surface area contributed by atoms with Gasteiger partial charge in [0.1, 0.15) is 0 Å². The molecule has 0 saturated heterocycles. The molecule has 0 aromatic heterocycles. The van der Waals surface area contributed by atoms with E-state index in [2.05, 4.69) is 64.5 Å². The third-order valence-electron chi connectivity index (χ3n) is 3.67. The molecular formula is C18H42N2O2Si. The first-order chi connectivity index (χ1) is 10.6. The van der Waals surface area contributed by atoms with Crippen LogP contribution < -0.4 is 0 Å². The fourth-order valence-corrected chi connectivity index (χ4v) is 7.16. The molecule has 0 heterocycles. The summed E-state index contributed by atoms with van der Waals surface area (Å²) in [6.07, 6.45) is 0. The lowest BCUT2D eigenvalue weighted by Crippen LogP contribution is -2.71. The van der Waals surface area contributed by atoms with E-state index in [1.54, 1.807) is 0 Å². The van der Waals surface area contributed by atoms with Crippen LogP contribution in [0.15, 0.2) is 0 Å². The first kappa shape index (κ1) is 23.1. The second kappa shape index (κ2) is 10.8. The Bertz CT molecular complexity index is 259. The molecule has 0 radical (unpaired) electrons. The summed E-state index contributed by atoms with van der Waals surface area (Å²) >= 11 is 0. The van der Waals surface area contributed by atoms with Crippen LogP contribution in [-0.4, -0.2) is 58.4 Å². The smallest absolute Gasteiger partial charge is 0.374 e. The first-order valence-electron chi connectivity index (χ1n) is 9.19. The fraction of sp³-hybridized carbons (Fsp3) is 1.00. The van der Waals surface area contributed by atoms with E-state index in [0.717, 1.165) is 26.2 Å². The van der Waals surface area contributed by atoms with Crippen LogP contribution >= 0.6 is 0 Å². The molecule has 0 aliphatic carbocycles. The van der Waals surface area contributed by atoms with Gasteiger partial charge >= 0.3 is 8.88 Å². The summed E-state index contributed by atoms with van der Waals surface area (Å²) in [5.41, 5.74) is 0. The Balaban J connectivity index is 5.70. The minimum Gasteiger partial charge on any atom is -0.374 e. The van der Waals surface area contributed by atoms with E-state index < -0.39 is 8.88 Å². The lowest BCUT2D eigenvalue weighted by Gasteiger charge is -2.46. The van der Waals surface area contributed by atoms with Crippen molar-refractivity contribution in [3.8, 4) is 0 Å². The molecule has 0 bridgehead atoms. The summed E-state index contributed by atoms with van der Waals surface area (Å²) < 4.78 is 17.4. The fourth-order valence-electron chi connectivity index (χ4n) is 3.17. The van der Waals surface area contributed by atoms with Crippen LogP contribution in [-0.2, 0) is 8.85 Å². The Morgan fingerprint density at radius 2 is 0.783 bits per heavy atom. The highest BCUT2D eigenvalue weighted by Gasteiger charge is 2.50. The summed E-state index contributed by atoms with van der Waals surface area (Å²) in [6.45, 7) is 22.2. The van der Waals surface area contributed by atoms with Crippen LogP contribution in [0.5, 0.6) is 0 Å². The predicted octanol–water partition coefficient (Wildman–Crippen LogP) is 3.94. The average molecular weight is 347 g/mol.